The summed E-state index contributed by atoms with van der Waals surface area (Å²) < 4.78 is 45.7. The Morgan fingerprint density at radius 3 is 2.62 bits per heavy atom. The SMILES string of the molecule is CSc1sc(N(C(=O)CC(N)=O)c2ccc(F)cc2OCC(C)C)nc1CNS(C)(=O)=O. The van der Waals surface area contributed by atoms with Crippen molar-refractivity contribution < 1.29 is 27.1 Å². The van der Waals surface area contributed by atoms with Gasteiger partial charge in [-0.25, -0.2) is 22.5 Å². The molecule has 2 aromatic rings. The number of hydrogen-bond donors (Lipinski definition) is 2. The van der Waals surface area contributed by atoms with E-state index in [4.69, 9.17) is 10.5 Å². The van der Waals surface area contributed by atoms with Crippen LogP contribution in [0.5, 0.6) is 5.75 Å². The molecule has 1 aromatic heterocycles. The summed E-state index contributed by atoms with van der Waals surface area (Å²) in [6, 6.07) is 3.67. The number of nitrogens with zero attached hydrogens (tertiary/aromatic N) is 2. The summed E-state index contributed by atoms with van der Waals surface area (Å²) in [5.74, 6) is -1.84. The number of nitrogens with one attached hydrogen (secondary N) is 1. The highest BCUT2D eigenvalue weighted by atomic mass is 32.2. The minimum atomic E-state index is -3.47. The van der Waals surface area contributed by atoms with Crippen molar-refractivity contribution >= 4 is 55.8 Å². The predicted octanol–water partition coefficient (Wildman–Crippen LogP) is 2.63. The van der Waals surface area contributed by atoms with E-state index in [1.54, 1.807) is 6.26 Å². The minimum absolute atomic E-state index is 0.0799. The standard InChI is InChI=1S/C19H25FN4O5S3/c1-11(2)10-29-15-7-12(20)5-6-14(15)24(17(26)8-16(21)25)19-23-13(18(30-3)31-19)9-22-32(4,27)28/h5-7,11,22H,8-10H2,1-4H3,(H2,21,25). The van der Waals surface area contributed by atoms with Crippen molar-refractivity contribution in [2.45, 2.75) is 31.0 Å². The Bertz CT molecular complexity index is 1090. The van der Waals surface area contributed by atoms with E-state index >= 15 is 0 Å². The molecule has 0 unspecified atom stereocenters. The molecule has 32 heavy (non-hydrogen) atoms. The lowest BCUT2D eigenvalue weighted by atomic mass is 10.2. The summed E-state index contributed by atoms with van der Waals surface area (Å²) in [5, 5.41) is 0.173. The van der Waals surface area contributed by atoms with Gasteiger partial charge in [0, 0.05) is 6.07 Å². The van der Waals surface area contributed by atoms with E-state index in [1.807, 2.05) is 13.8 Å². The number of carbonyl (C=O) groups excluding carboxylic acids is 2. The number of ether oxygens (including phenoxy) is 1. The number of thioether (sulfide) groups is 1. The van der Waals surface area contributed by atoms with E-state index in [2.05, 4.69) is 9.71 Å². The second-order valence-electron chi connectivity index (χ2n) is 7.22. The fourth-order valence-corrected chi connectivity index (χ4v) is 4.67. The van der Waals surface area contributed by atoms with Crippen molar-refractivity contribution in [3.8, 4) is 5.75 Å². The van der Waals surface area contributed by atoms with Crippen molar-refractivity contribution in [3.63, 3.8) is 0 Å². The van der Waals surface area contributed by atoms with Crippen LogP contribution in [0.15, 0.2) is 22.4 Å². The molecule has 9 nitrogen and oxygen atoms in total. The van der Waals surface area contributed by atoms with Crippen LogP contribution in [0.2, 0.25) is 0 Å². The molecule has 13 heteroatoms. The molecule has 2 rings (SSSR count). The van der Waals surface area contributed by atoms with Gasteiger partial charge in [0.1, 0.15) is 18.0 Å². The zero-order valence-corrected chi connectivity index (χ0v) is 20.5. The molecular formula is C19H25FN4O5S3. The van der Waals surface area contributed by atoms with Crippen molar-refractivity contribution in [2.24, 2.45) is 11.7 Å². The Hall–Kier alpha value is -2.22. The summed E-state index contributed by atoms with van der Waals surface area (Å²) in [6.45, 7) is 4.03. The summed E-state index contributed by atoms with van der Waals surface area (Å²) >= 11 is 2.45. The monoisotopic (exact) mass is 504 g/mol. The first kappa shape index (κ1) is 26.0. The zero-order valence-electron chi connectivity index (χ0n) is 18.0. The molecule has 1 aromatic carbocycles. The second kappa shape index (κ2) is 11.1. The maximum Gasteiger partial charge on any atom is 0.242 e. The number of rotatable bonds is 11. The van der Waals surface area contributed by atoms with Gasteiger partial charge in [0.05, 0.1) is 35.0 Å². The molecule has 0 fully saturated rings. The van der Waals surface area contributed by atoms with Gasteiger partial charge < -0.3 is 10.5 Å². The molecule has 0 atom stereocenters. The molecule has 3 N–H and O–H groups in total. The highest BCUT2D eigenvalue weighted by molar-refractivity contribution is 8.00. The number of aromatic nitrogens is 1. The van der Waals surface area contributed by atoms with Crippen molar-refractivity contribution in [1.82, 2.24) is 9.71 Å². The van der Waals surface area contributed by atoms with E-state index in [0.717, 1.165) is 34.6 Å². The fraction of sp³-hybridized carbons (Fsp3) is 0.421. The number of thiazole rings is 1. The highest BCUT2D eigenvalue weighted by Crippen LogP contribution is 2.40. The molecular weight excluding hydrogens is 479 g/mol. The number of benzene rings is 1. The van der Waals surface area contributed by atoms with Gasteiger partial charge in [-0.3, -0.25) is 14.5 Å². The molecule has 1 heterocycles. The highest BCUT2D eigenvalue weighted by Gasteiger charge is 2.28. The van der Waals surface area contributed by atoms with E-state index < -0.39 is 34.1 Å². The van der Waals surface area contributed by atoms with Crippen molar-refractivity contribution in [3.05, 3.63) is 29.7 Å². The fourth-order valence-electron chi connectivity index (χ4n) is 2.51. The third kappa shape index (κ3) is 7.43. The Labute approximate surface area is 194 Å². The summed E-state index contributed by atoms with van der Waals surface area (Å²) in [7, 11) is -3.47. The second-order valence-corrected chi connectivity index (χ2v) is 11.1. The number of nitrogens with two attached hydrogens (primary N) is 1. The molecule has 0 saturated carbocycles. The molecule has 176 valence electrons. The lowest BCUT2D eigenvalue weighted by Gasteiger charge is -2.23. The molecule has 0 aliphatic carbocycles. The third-order valence-corrected chi connectivity index (χ3v) is 6.74. The van der Waals surface area contributed by atoms with Gasteiger partial charge >= 0.3 is 0 Å². The van der Waals surface area contributed by atoms with E-state index in [0.29, 0.717) is 9.90 Å². The number of halogens is 1. The minimum Gasteiger partial charge on any atom is -0.491 e. The topological polar surface area (TPSA) is 132 Å². The number of sulfonamides is 1. The third-order valence-electron chi connectivity index (χ3n) is 3.84. The zero-order chi connectivity index (χ0) is 24.1. The van der Waals surface area contributed by atoms with E-state index in [9.17, 15) is 22.4 Å². The lowest BCUT2D eigenvalue weighted by molar-refractivity contribution is -0.125. The quantitative estimate of drug-likeness (QED) is 0.355. The van der Waals surface area contributed by atoms with Gasteiger partial charge in [-0.1, -0.05) is 25.2 Å². The lowest BCUT2D eigenvalue weighted by Crippen LogP contribution is -2.31. The van der Waals surface area contributed by atoms with Crippen LogP contribution in [-0.2, 0) is 26.2 Å². The molecule has 0 saturated heterocycles. The number of anilines is 2. The molecule has 2 amide bonds. The van der Waals surface area contributed by atoms with Crippen LogP contribution in [0.1, 0.15) is 26.0 Å². The van der Waals surface area contributed by atoms with Crippen LogP contribution in [0.3, 0.4) is 0 Å². The largest absolute Gasteiger partial charge is 0.491 e. The van der Waals surface area contributed by atoms with E-state index in [-0.39, 0.29) is 35.6 Å². The predicted molar refractivity (Wildman–Crippen MR) is 123 cm³/mol. The van der Waals surface area contributed by atoms with E-state index in [1.165, 1.54) is 17.8 Å². The molecule has 0 aliphatic heterocycles. The smallest absolute Gasteiger partial charge is 0.242 e. The normalized spacial score (nSPS) is 11.6. The summed E-state index contributed by atoms with van der Waals surface area (Å²) in [5.41, 5.74) is 5.83. The number of amides is 2. The Kier molecular flexibility index (Phi) is 9.01. The first-order chi connectivity index (χ1) is 14.9. The first-order valence-corrected chi connectivity index (χ1v) is 13.4. The molecule has 0 bridgehead atoms. The molecule has 0 aliphatic rings. The summed E-state index contributed by atoms with van der Waals surface area (Å²) in [4.78, 5) is 30.0. The van der Waals surface area contributed by atoms with Crippen LogP contribution in [0.4, 0.5) is 15.2 Å². The number of primary amides is 1. The van der Waals surface area contributed by atoms with Crippen molar-refractivity contribution in [1.29, 1.82) is 0 Å². The number of hydrogen-bond acceptors (Lipinski definition) is 8. The molecule has 0 spiro atoms. The van der Waals surface area contributed by atoms with Crippen LogP contribution in [-0.4, -0.2) is 44.3 Å². The van der Waals surface area contributed by atoms with Gasteiger partial charge in [0.2, 0.25) is 21.8 Å². The van der Waals surface area contributed by atoms with Crippen LogP contribution in [0.25, 0.3) is 0 Å². The van der Waals surface area contributed by atoms with Gasteiger partial charge in [0.15, 0.2) is 5.13 Å². The first-order valence-electron chi connectivity index (χ1n) is 9.43. The summed E-state index contributed by atoms with van der Waals surface area (Å²) in [6.07, 6.45) is 2.20. The Morgan fingerprint density at radius 2 is 2.06 bits per heavy atom. The van der Waals surface area contributed by atoms with Crippen LogP contribution >= 0.6 is 23.1 Å². The Balaban J connectivity index is 2.57. The van der Waals surface area contributed by atoms with Gasteiger partial charge in [0.25, 0.3) is 0 Å². The maximum atomic E-state index is 13.9. The van der Waals surface area contributed by atoms with Crippen LogP contribution in [0, 0.1) is 11.7 Å². The molecule has 0 radical (unpaired) electrons. The number of carbonyl (C=O) groups is 2. The average molecular weight is 505 g/mol. The van der Waals surface area contributed by atoms with Gasteiger partial charge in [-0.2, -0.15) is 0 Å². The van der Waals surface area contributed by atoms with Gasteiger partial charge in [-0.15, -0.1) is 11.8 Å². The van der Waals surface area contributed by atoms with Crippen molar-refractivity contribution in [2.75, 3.05) is 24.0 Å². The Morgan fingerprint density at radius 1 is 1.38 bits per heavy atom. The van der Waals surface area contributed by atoms with Gasteiger partial charge in [-0.05, 0) is 24.3 Å². The maximum absolute atomic E-state index is 13.9. The average Bonchev–Trinajstić information content (AvgIpc) is 3.08. The van der Waals surface area contributed by atoms with Crippen LogP contribution < -0.4 is 20.1 Å².